The maximum atomic E-state index is 13.4. The molecule has 8 nitrogen and oxygen atoms in total. The van der Waals surface area contributed by atoms with E-state index in [9.17, 15) is 18.0 Å². The molecule has 3 aromatic rings. The number of hydrogen-bond donors (Lipinski definition) is 1. The summed E-state index contributed by atoms with van der Waals surface area (Å²) in [6, 6.07) is 15.7. The van der Waals surface area contributed by atoms with Gasteiger partial charge in [0.25, 0.3) is 5.91 Å². The molecule has 0 fully saturated rings. The molecule has 0 atom stereocenters. The fourth-order valence-electron chi connectivity index (χ4n) is 3.72. The highest BCUT2D eigenvalue weighted by Crippen LogP contribution is 2.37. The van der Waals surface area contributed by atoms with Crippen LogP contribution < -0.4 is 9.62 Å². The van der Waals surface area contributed by atoms with Crippen molar-refractivity contribution in [3.05, 3.63) is 99.1 Å². The lowest BCUT2D eigenvalue weighted by atomic mass is 10.1. The molecule has 0 saturated heterocycles. The average Bonchev–Trinajstić information content (AvgIpc) is 3.39. The molecule has 2 heterocycles. The number of halogens is 2. The number of sulfonamides is 1. The van der Waals surface area contributed by atoms with Crippen molar-refractivity contribution >= 4 is 56.9 Å². The molecule has 0 radical (unpaired) electrons. The van der Waals surface area contributed by atoms with Crippen LogP contribution in [0.25, 0.3) is 6.08 Å². The molecule has 36 heavy (non-hydrogen) atoms. The highest BCUT2D eigenvalue weighted by Gasteiger charge is 2.38. The number of anilines is 1. The van der Waals surface area contributed by atoms with Gasteiger partial charge < -0.3 is 9.15 Å². The number of furan rings is 1. The van der Waals surface area contributed by atoms with E-state index in [1.165, 1.54) is 36.3 Å². The molecule has 0 aliphatic carbocycles. The number of ether oxygens (including phenoxy) is 1. The summed E-state index contributed by atoms with van der Waals surface area (Å²) >= 11 is 12.2. The molecule has 1 aliphatic heterocycles. The van der Waals surface area contributed by atoms with Crippen molar-refractivity contribution in [3.63, 3.8) is 0 Å². The zero-order valence-electron chi connectivity index (χ0n) is 19.1. The van der Waals surface area contributed by atoms with Crippen LogP contribution in [0, 0.1) is 0 Å². The number of nitrogens with one attached hydrogen (secondary N) is 1. The first-order valence-corrected chi connectivity index (χ1v) is 12.8. The topological polar surface area (TPSA) is 106 Å². The molecule has 0 spiro atoms. The molecule has 1 aromatic heterocycles. The van der Waals surface area contributed by atoms with E-state index in [0.717, 1.165) is 0 Å². The van der Waals surface area contributed by atoms with Crippen LogP contribution in [0.3, 0.4) is 0 Å². The second kappa shape index (κ2) is 10.3. The maximum absolute atomic E-state index is 13.4. The molecular weight excluding hydrogens is 527 g/mol. The first-order chi connectivity index (χ1) is 17.1. The van der Waals surface area contributed by atoms with E-state index in [0.29, 0.717) is 27.2 Å². The fourth-order valence-corrected chi connectivity index (χ4v) is 5.25. The number of carbonyl (C=O) groups excluding carboxylic acids is 2. The molecule has 1 N–H and O–H groups in total. The molecule has 0 saturated carbocycles. The van der Waals surface area contributed by atoms with E-state index in [-0.39, 0.29) is 28.3 Å². The number of amides is 1. The molecule has 2 aromatic carbocycles. The normalized spacial score (nSPS) is 15.2. The Morgan fingerprint density at radius 3 is 2.39 bits per heavy atom. The van der Waals surface area contributed by atoms with Gasteiger partial charge in [-0.15, -0.1) is 0 Å². The lowest BCUT2D eigenvalue weighted by molar-refractivity contribution is -0.136. The Morgan fingerprint density at radius 2 is 1.75 bits per heavy atom. The highest BCUT2D eigenvalue weighted by molar-refractivity contribution is 7.89. The zero-order valence-corrected chi connectivity index (χ0v) is 21.4. The van der Waals surface area contributed by atoms with E-state index < -0.39 is 21.9 Å². The Labute approximate surface area is 217 Å². The Kier molecular flexibility index (Phi) is 7.37. The molecule has 4 rings (SSSR count). The number of benzene rings is 2. The summed E-state index contributed by atoms with van der Waals surface area (Å²) in [6.07, 6.45) is 1.40. The fraction of sp³-hybridized carbons (Fsp3) is 0.120. The quantitative estimate of drug-likeness (QED) is 0.332. The monoisotopic (exact) mass is 546 g/mol. The van der Waals surface area contributed by atoms with Crippen LogP contribution in [-0.2, 0) is 30.9 Å². The Morgan fingerprint density at radius 1 is 1.08 bits per heavy atom. The third-order valence-electron chi connectivity index (χ3n) is 5.35. The van der Waals surface area contributed by atoms with Crippen LogP contribution in [0.1, 0.15) is 18.4 Å². The van der Waals surface area contributed by atoms with Crippen molar-refractivity contribution in [2.75, 3.05) is 12.0 Å². The Balaban J connectivity index is 1.63. The number of rotatable bonds is 7. The minimum Gasteiger partial charge on any atom is -0.465 e. The predicted octanol–water partition coefficient (Wildman–Crippen LogP) is 4.94. The number of methoxy groups -OCH3 is 1. The van der Waals surface area contributed by atoms with Gasteiger partial charge in [-0.3, -0.25) is 9.69 Å². The van der Waals surface area contributed by atoms with Crippen LogP contribution in [0.15, 0.2) is 86.8 Å². The zero-order chi connectivity index (χ0) is 26.0. The molecule has 0 bridgehead atoms. The number of esters is 1. The summed E-state index contributed by atoms with van der Waals surface area (Å²) in [5.74, 6) is -0.655. The van der Waals surface area contributed by atoms with E-state index >= 15 is 0 Å². The number of allylic oxidation sites excluding steroid dienone is 1. The lowest BCUT2D eigenvalue weighted by Gasteiger charge is -2.18. The Hall–Kier alpha value is -3.37. The largest absolute Gasteiger partial charge is 0.465 e. The SMILES string of the molecule is COC(=O)C1=C(C)N(c2cc(Cl)cc(Cl)c2)C(=O)/C1=C/c1ccc(CNS(=O)(=O)c2ccccc2)o1. The number of nitrogens with zero attached hydrogens (tertiary/aromatic N) is 1. The van der Waals surface area contributed by atoms with Crippen molar-refractivity contribution in [3.8, 4) is 0 Å². The summed E-state index contributed by atoms with van der Waals surface area (Å²) in [4.78, 5) is 27.4. The molecular formula is C25H20Cl2N2O6S. The molecule has 11 heteroatoms. The second-order valence-electron chi connectivity index (χ2n) is 7.72. The smallest absolute Gasteiger partial charge is 0.340 e. The minimum atomic E-state index is -3.73. The highest BCUT2D eigenvalue weighted by atomic mass is 35.5. The van der Waals surface area contributed by atoms with Crippen LogP contribution >= 0.6 is 23.2 Å². The van der Waals surface area contributed by atoms with Gasteiger partial charge in [-0.1, -0.05) is 41.4 Å². The molecule has 1 aliphatic rings. The van der Waals surface area contributed by atoms with Crippen molar-refractivity contribution < 1.29 is 27.2 Å². The summed E-state index contributed by atoms with van der Waals surface area (Å²) in [7, 11) is -2.52. The second-order valence-corrected chi connectivity index (χ2v) is 10.4. The van der Waals surface area contributed by atoms with Crippen molar-refractivity contribution in [2.24, 2.45) is 0 Å². The van der Waals surface area contributed by atoms with E-state index in [1.807, 2.05) is 0 Å². The van der Waals surface area contributed by atoms with Gasteiger partial charge in [-0.2, -0.15) is 0 Å². The lowest BCUT2D eigenvalue weighted by Crippen LogP contribution is -2.24. The summed E-state index contributed by atoms with van der Waals surface area (Å²) in [5.41, 5.74) is 0.816. The van der Waals surface area contributed by atoms with Crippen LogP contribution in [0.2, 0.25) is 10.0 Å². The van der Waals surface area contributed by atoms with Gasteiger partial charge >= 0.3 is 5.97 Å². The predicted molar refractivity (Wildman–Crippen MR) is 136 cm³/mol. The molecule has 1 amide bonds. The van der Waals surface area contributed by atoms with E-state index in [4.69, 9.17) is 32.4 Å². The third kappa shape index (κ3) is 5.24. The van der Waals surface area contributed by atoms with Gasteiger partial charge in [-0.05, 0) is 55.5 Å². The molecule has 186 valence electrons. The number of hydrogen-bond acceptors (Lipinski definition) is 6. The summed E-state index contributed by atoms with van der Waals surface area (Å²) in [6.45, 7) is 1.49. The van der Waals surface area contributed by atoms with Crippen LogP contribution in [-0.4, -0.2) is 27.4 Å². The van der Waals surface area contributed by atoms with Gasteiger partial charge in [0, 0.05) is 15.7 Å². The maximum Gasteiger partial charge on any atom is 0.340 e. The van der Waals surface area contributed by atoms with Crippen molar-refractivity contribution in [2.45, 2.75) is 18.4 Å². The Bertz CT molecular complexity index is 1490. The van der Waals surface area contributed by atoms with Gasteiger partial charge in [0.15, 0.2) is 0 Å². The molecule has 0 unspecified atom stereocenters. The third-order valence-corrected chi connectivity index (χ3v) is 7.21. The minimum absolute atomic E-state index is 0.0428. The first-order valence-electron chi connectivity index (χ1n) is 10.6. The van der Waals surface area contributed by atoms with Gasteiger partial charge in [0.2, 0.25) is 10.0 Å². The van der Waals surface area contributed by atoms with Gasteiger partial charge in [0.05, 0.1) is 35.4 Å². The van der Waals surface area contributed by atoms with Gasteiger partial charge in [0.1, 0.15) is 11.5 Å². The summed E-state index contributed by atoms with van der Waals surface area (Å²) < 4.78 is 38.0. The van der Waals surface area contributed by atoms with Crippen LogP contribution in [0.4, 0.5) is 5.69 Å². The first kappa shape index (κ1) is 25.7. The van der Waals surface area contributed by atoms with E-state index in [2.05, 4.69) is 4.72 Å². The van der Waals surface area contributed by atoms with Crippen molar-refractivity contribution in [1.29, 1.82) is 0 Å². The summed E-state index contributed by atoms with van der Waals surface area (Å²) in [5, 5.41) is 0.646. The van der Waals surface area contributed by atoms with Crippen LogP contribution in [0.5, 0.6) is 0 Å². The van der Waals surface area contributed by atoms with E-state index in [1.54, 1.807) is 49.4 Å². The average molecular weight is 547 g/mol. The standard InChI is InChI=1S/C25H20Cl2N2O6S/c1-15-23(25(31)34-2)22(24(30)29(15)18-11-16(26)10-17(27)12-18)13-19-8-9-20(35-19)14-28-36(32,33)21-6-4-3-5-7-21/h3-13,28H,14H2,1-2H3/b22-13+. The number of carbonyl (C=O) groups is 2. The van der Waals surface area contributed by atoms with Crippen molar-refractivity contribution in [1.82, 2.24) is 4.72 Å². The van der Waals surface area contributed by atoms with Gasteiger partial charge in [-0.25, -0.2) is 17.9 Å².